The van der Waals surface area contributed by atoms with Gasteiger partial charge in [-0.3, -0.25) is 19.8 Å². The lowest BCUT2D eigenvalue weighted by Gasteiger charge is -2.35. The van der Waals surface area contributed by atoms with Gasteiger partial charge in [0.25, 0.3) is 0 Å². The highest BCUT2D eigenvalue weighted by Gasteiger charge is 2.23. The second kappa shape index (κ2) is 8.67. The zero-order valence-electron chi connectivity index (χ0n) is 16.4. The average molecular weight is 394 g/mol. The molecule has 0 aliphatic carbocycles. The molecule has 1 saturated heterocycles. The Hall–Kier alpha value is -3.51. The summed E-state index contributed by atoms with van der Waals surface area (Å²) in [6.45, 7) is 6.82. The van der Waals surface area contributed by atoms with Gasteiger partial charge in [-0.1, -0.05) is 12.1 Å². The highest BCUT2D eigenvalue weighted by molar-refractivity contribution is 5.93. The van der Waals surface area contributed by atoms with Crippen LogP contribution in [-0.4, -0.2) is 53.4 Å². The Morgan fingerprint density at radius 1 is 1.24 bits per heavy atom. The van der Waals surface area contributed by atoms with E-state index in [9.17, 15) is 14.9 Å². The minimum atomic E-state index is -0.609. The number of carbonyl (C=O) groups is 1. The van der Waals surface area contributed by atoms with E-state index in [1.54, 1.807) is 12.1 Å². The predicted molar refractivity (Wildman–Crippen MR) is 109 cm³/mol. The average Bonchev–Trinajstić information content (AvgIpc) is 2.71. The molecule has 1 aromatic heterocycles. The number of anilines is 2. The van der Waals surface area contributed by atoms with Crippen molar-refractivity contribution < 1.29 is 9.72 Å². The number of aryl methyl sites for hydroxylation is 1. The number of benzene rings is 1. The van der Waals surface area contributed by atoms with Gasteiger partial charge in [0.05, 0.1) is 11.5 Å². The summed E-state index contributed by atoms with van der Waals surface area (Å²) in [5.41, 5.74) is 2.53. The van der Waals surface area contributed by atoms with Gasteiger partial charge in [0.1, 0.15) is 11.9 Å². The molecule has 2 heterocycles. The van der Waals surface area contributed by atoms with E-state index in [4.69, 9.17) is 5.26 Å². The van der Waals surface area contributed by atoms with Crippen LogP contribution in [0.1, 0.15) is 16.8 Å². The molecule has 0 unspecified atom stereocenters. The van der Waals surface area contributed by atoms with Crippen molar-refractivity contribution in [1.82, 2.24) is 9.88 Å². The molecule has 9 heteroatoms. The van der Waals surface area contributed by atoms with Crippen molar-refractivity contribution in [1.29, 1.82) is 5.26 Å². The van der Waals surface area contributed by atoms with Crippen LogP contribution in [-0.2, 0) is 4.79 Å². The van der Waals surface area contributed by atoms with E-state index >= 15 is 0 Å². The monoisotopic (exact) mass is 394 g/mol. The van der Waals surface area contributed by atoms with Crippen LogP contribution in [0.2, 0.25) is 0 Å². The highest BCUT2D eigenvalue weighted by Crippen LogP contribution is 2.22. The second-order valence-corrected chi connectivity index (χ2v) is 6.96. The SMILES string of the molecule is Cc1cccc(NC(=O)CN2CCN(c3ccc([N+](=O)[O-])c(C#N)n3)CC2)c1C. The van der Waals surface area contributed by atoms with E-state index in [0.717, 1.165) is 16.8 Å². The van der Waals surface area contributed by atoms with Crippen LogP contribution in [0.5, 0.6) is 0 Å². The molecular formula is C20H22N6O3. The number of piperazine rings is 1. The molecule has 150 valence electrons. The molecule has 2 aromatic rings. The number of amides is 1. The molecular weight excluding hydrogens is 372 g/mol. The second-order valence-electron chi connectivity index (χ2n) is 6.96. The lowest BCUT2D eigenvalue weighted by Crippen LogP contribution is -2.49. The summed E-state index contributed by atoms with van der Waals surface area (Å²) < 4.78 is 0. The Bertz CT molecular complexity index is 977. The van der Waals surface area contributed by atoms with Gasteiger partial charge >= 0.3 is 5.69 Å². The largest absolute Gasteiger partial charge is 0.354 e. The lowest BCUT2D eigenvalue weighted by molar-refractivity contribution is -0.385. The molecule has 1 fully saturated rings. The Kier molecular flexibility index (Phi) is 6.04. The Morgan fingerprint density at radius 3 is 2.62 bits per heavy atom. The molecule has 0 bridgehead atoms. The van der Waals surface area contributed by atoms with Gasteiger partial charge in [-0.25, -0.2) is 4.98 Å². The minimum Gasteiger partial charge on any atom is -0.354 e. The summed E-state index contributed by atoms with van der Waals surface area (Å²) in [6, 6.07) is 10.5. The Labute approximate surface area is 168 Å². The number of hydrogen-bond donors (Lipinski definition) is 1. The molecule has 3 rings (SSSR count). The molecule has 1 amide bonds. The lowest BCUT2D eigenvalue weighted by atomic mass is 10.1. The van der Waals surface area contributed by atoms with Crippen LogP contribution >= 0.6 is 0 Å². The Morgan fingerprint density at radius 2 is 1.97 bits per heavy atom. The van der Waals surface area contributed by atoms with Gasteiger partial charge < -0.3 is 10.2 Å². The molecule has 1 aliphatic rings. The van der Waals surface area contributed by atoms with Crippen LogP contribution < -0.4 is 10.2 Å². The predicted octanol–water partition coefficient (Wildman–Crippen LogP) is 2.24. The van der Waals surface area contributed by atoms with Gasteiger partial charge in [0.2, 0.25) is 11.6 Å². The van der Waals surface area contributed by atoms with Crippen LogP contribution in [0.15, 0.2) is 30.3 Å². The Balaban J connectivity index is 1.57. The number of nitriles is 1. The number of nitrogens with zero attached hydrogens (tertiary/aromatic N) is 5. The first-order valence-electron chi connectivity index (χ1n) is 9.28. The van der Waals surface area contributed by atoms with Gasteiger partial charge in [-0.05, 0) is 37.1 Å². The molecule has 1 aliphatic heterocycles. The standard InChI is InChI=1S/C20H22N6O3/c1-14-4-3-5-16(15(14)2)23-20(27)13-24-8-10-25(11-9-24)19-7-6-18(26(28)29)17(12-21)22-19/h3-7H,8-11,13H2,1-2H3,(H,23,27). The molecule has 0 saturated carbocycles. The number of hydrogen-bond acceptors (Lipinski definition) is 7. The van der Waals surface area contributed by atoms with Crippen molar-refractivity contribution in [3.8, 4) is 6.07 Å². The van der Waals surface area contributed by atoms with Crippen LogP contribution in [0.4, 0.5) is 17.2 Å². The van der Waals surface area contributed by atoms with Crippen molar-refractivity contribution in [3.63, 3.8) is 0 Å². The molecule has 1 N–H and O–H groups in total. The van der Waals surface area contributed by atoms with E-state index in [1.807, 2.05) is 41.8 Å². The third-order valence-corrected chi connectivity index (χ3v) is 5.10. The smallest absolute Gasteiger partial charge is 0.305 e. The summed E-state index contributed by atoms with van der Waals surface area (Å²) in [5, 5.41) is 23.0. The maximum absolute atomic E-state index is 12.4. The molecule has 0 spiro atoms. The van der Waals surface area contributed by atoms with E-state index in [1.165, 1.54) is 6.07 Å². The fourth-order valence-corrected chi connectivity index (χ4v) is 3.26. The summed E-state index contributed by atoms with van der Waals surface area (Å²) in [6.07, 6.45) is 0. The number of nitro groups is 1. The van der Waals surface area contributed by atoms with Gasteiger partial charge in [-0.2, -0.15) is 5.26 Å². The first kappa shape index (κ1) is 20.2. The quantitative estimate of drug-likeness (QED) is 0.611. The fraction of sp³-hybridized carbons (Fsp3) is 0.350. The van der Waals surface area contributed by atoms with Crippen LogP contribution in [0.25, 0.3) is 0 Å². The third-order valence-electron chi connectivity index (χ3n) is 5.10. The summed E-state index contributed by atoms with van der Waals surface area (Å²) >= 11 is 0. The minimum absolute atomic E-state index is 0.0626. The maximum Gasteiger partial charge on any atom is 0.305 e. The van der Waals surface area contributed by atoms with Gasteiger partial charge in [0.15, 0.2) is 0 Å². The zero-order chi connectivity index (χ0) is 21.0. The first-order chi connectivity index (χ1) is 13.9. The van der Waals surface area contributed by atoms with E-state index in [-0.39, 0.29) is 17.3 Å². The van der Waals surface area contributed by atoms with Crippen LogP contribution in [0.3, 0.4) is 0 Å². The molecule has 0 atom stereocenters. The molecule has 29 heavy (non-hydrogen) atoms. The topological polar surface area (TPSA) is 115 Å². The highest BCUT2D eigenvalue weighted by atomic mass is 16.6. The van der Waals surface area contributed by atoms with E-state index < -0.39 is 4.92 Å². The summed E-state index contributed by atoms with van der Waals surface area (Å²) in [5.74, 6) is 0.471. The van der Waals surface area contributed by atoms with Crippen molar-refractivity contribution in [3.05, 3.63) is 57.3 Å². The number of carbonyl (C=O) groups excluding carboxylic acids is 1. The van der Waals surface area contributed by atoms with E-state index in [0.29, 0.717) is 38.5 Å². The van der Waals surface area contributed by atoms with Gasteiger partial charge in [0, 0.05) is 37.9 Å². The number of nitrogens with one attached hydrogen (secondary N) is 1. The van der Waals surface area contributed by atoms with Crippen molar-refractivity contribution in [2.75, 3.05) is 42.9 Å². The number of pyridine rings is 1. The zero-order valence-corrected chi connectivity index (χ0v) is 16.4. The van der Waals surface area contributed by atoms with Crippen molar-refractivity contribution >= 4 is 23.1 Å². The van der Waals surface area contributed by atoms with Crippen molar-refractivity contribution in [2.45, 2.75) is 13.8 Å². The molecule has 1 aromatic carbocycles. The third kappa shape index (κ3) is 4.67. The number of aromatic nitrogens is 1. The van der Waals surface area contributed by atoms with Crippen LogP contribution in [0, 0.1) is 35.3 Å². The molecule has 9 nitrogen and oxygen atoms in total. The normalized spacial score (nSPS) is 14.3. The van der Waals surface area contributed by atoms with Crippen molar-refractivity contribution in [2.24, 2.45) is 0 Å². The summed E-state index contributed by atoms with van der Waals surface area (Å²) in [7, 11) is 0. The van der Waals surface area contributed by atoms with E-state index in [2.05, 4.69) is 10.3 Å². The van der Waals surface area contributed by atoms with Gasteiger partial charge in [-0.15, -0.1) is 0 Å². The summed E-state index contributed by atoms with van der Waals surface area (Å²) in [4.78, 5) is 30.9. The first-order valence-corrected chi connectivity index (χ1v) is 9.28. The maximum atomic E-state index is 12.4. The number of rotatable bonds is 5. The molecule has 0 radical (unpaired) electrons. The fourth-order valence-electron chi connectivity index (χ4n) is 3.26.